The highest BCUT2D eigenvalue weighted by Gasteiger charge is 2.48. The Balaban J connectivity index is 2.00. The zero-order valence-electron chi connectivity index (χ0n) is 15.1. The highest BCUT2D eigenvalue weighted by Crippen LogP contribution is 2.39. The zero-order valence-corrected chi connectivity index (χ0v) is 15.1. The fourth-order valence-electron chi connectivity index (χ4n) is 3.14. The van der Waals surface area contributed by atoms with Crippen molar-refractivity contribution in [3.8, 4) is 0 Å². The molecule has 0 unspecified atom stereocenters. The Kier molecular flexibility index (Phi) is 5.54. The van der Waals surface area contributed by atoms with Crippen molar-refractivity contribution in [1.29, 1.82) is 0 Å². The number of alkyl halides is 2. The molecule has 2 N–H and O–H groups in total. The molecule has 5 nitrogen and oxygen atoms in total. The topological polar surface area (TPSA) is 77.6 Å². The van der Waals surface area contributed by atoms with Crippen LogP contribution in [0.15, 0.2) is 35.5 Å². The molecule has 0 amide bonds. The first-order chi connectivity index (χ1) is 13.7. The summed E-state index contributed by atoms with van der Waals surface area (Å²) in [6.45, 7) is -0.133. The van der Waals surface area contributed by atoms with E-state index in [4.69, 9.17) is 10.5 Å². The molecule has 0 saturated heterocycles. The number of pyridine rings is 1. The number of hydrogen-bond acceptors (Lipinski definition) is 5. The van der Waals surface area contributed by atoms with Crippen LogP contribution in [-0.4, -0.2) is 35.7 Å². The Hall–Kier alpha value is -3.04. The van der Waals surface area contributed by atoms with Crippen molar-refractivity contribution in [3.63, 3.8) is 0 Å². The van der Waals surface area contributed by atoms with Gasteiger partial charge < -0.3 is 10.5 Å². The molecule has 0 bridgehead atoms. The van der Waals surface area contributed by atoms with Crippen molar-refractivity contribution in [2.75, 3.05) is 6.67 Å². The van der Waals surface area contributed by atoms with Crippen LogP contribution in [0.4, 0.5) is 22.0 Å². The number of Topliss-reactive ketones (excluding diaryl/α,β-unsaturated/α-hetero) is 1. The minimum atomic E-state index is -2.17. The Morgan fingerprint density at radius 1 is 1.28 bits per heavy atom. The van der Waals surface area contributed by atoms with Crippen LogP contribution in [0, 0.1) is 17.5 Å². The fourth-order valence-corrected chi connectivity index (χ4v) is 3.14. The molecule has 1 aromatic carbocycles. The number of carbonyl (C=O) groups is 1. The fraction of sp³-hybridized carbons (Fsp3) is 0.316. The molecule has 3 atom stereocenters. The summed E-state index contributed by atoms with van der Waals surface area (Å²) in [5.74, 6) is -3.98. The lowest BCUT2D eigenvalue weighted by atomic mass is 9.83. The average Bonchev–Trinajstić information content (AvgIpc) is 2.67. The van der Waals surface area contributed by atoms with Crippen molar-refractivity contribution in [3.05, 3.63) is 64.7 Å². The van der Waals surface area contributed by atoms with Crippen LogP contribution in [0.5, 0.6) is 0 Å². The summed E-state index contributed by atoms with van der Waals surface area (Å²) < 4.78 is 74.4. The molecule has 154 valence electrons. The van der Waals surface area contributed by atoms with E-state index in [0.29, 0.717) is 0 Å². The molecule has 0 saturated carbocycles. The highest BCUT2D eigenvalue weighted by atomic mass is 19.2. The number of ketones is 1. The lowest BCUT2D eigenvalue weighted by Gasteiger charge is -2.37. The van der Waals surface area contributed by atoms with E-state index < -0.39 is 65.7 Å². The van der Waals surface area contributed by atoms with E-state index in [0.717, 1.165) is 37.4 Å². The zero-order chi connectivity index (χ0) is 21.3. The maximum absolute atomic E-state index is 14.8. The molecule has 0 fully saturated rings. The third-order valence-corrected chi connectivity index (χ3v) is 4.64. The summed E-state index contributed by atoms with van der Waals surface area (Å²) >= 11 is 0. The molecule has 1 aliphatic rings. The maximum Gasteiger partial charge on any atom is 0.283 e. The second-order valence-corrected chi connectivity index (χ2v) is 6.71. The number of hydrogen-bond donors (Lipinski definition) is 1. The Labute approximate surface area is 162 Å². The summed E-state index contributed by atoms with van der Waals surface area (Å²) in [7, 11) is 0. The molecule has 0 aliphatic carbocycles. The lowest BCUT2D eigenvalue weighted by molar-refractivity contribution is 0.00430. The number of amidine groups is 1. The minimum absolute atomic E-state index is 0.000474. The molecular formula is C19H16F5N3O2. The molecule has 2 aromatic rings. The van der Waals surface area contributed by atoms with Gasteiger partial charge in [0.1, 0.15) is 23.7 Å². The molecule has 0 radical (unpaired) electrons. The molecule has 3 rings (SSSR count). The predicted octanol–water partition coefficient (Wildman–Crippen LogP) is 3.16. The second-order valence-electron chi connectivity index (χ2n) is 6.71. The Morgan fingerprint density at radius 2 is 2.00 bits per heavy atom. The van der Waals surface area contributed by atoms with Gasteiger partial charge in [0.15, 0.2) is 29.7 Å². The largest absolute Gasteiger partial charge is 0.456 e. The summed E-state index contributed by atoms with van der Waals surface area (Å²) in [5, 5.41) is 0. The molecule has 1 aliphatic heterocycles. The summed E-state index contributed by atoms with van der Waals surface area (Å²) in [6, 6.07) is 3.44. The first-order valence-electron chi connectivity index (χ1n) is 8.51. The van der Waals surface area contributed by atoms with Gasteiger partial charge in [-0.2, -0.15) is 0 Å². The first-order valence-corrected chi connectivity index (χ1v) is 8.51. The number of carbonyl (C=O) groups excluding carboxylic acids is 1. The van der Waals surface area contributed by atoms with Crippen LogP contribution in [0.25, 0.3) is 0 Å². The minimum Gasteiger partial charge on any atom is -0.456 e. The summed E-state index contributed by atoms with van der Waals surface area (Å²) in [4.78, 5) is 19.7. The number of nitrogens with two attached hydrogens (primary N) is 1. The Bertz CT molecular complexity index is 967. The van der Waals surface area contributed by atoms with Crippen LogP contribution >= 0.6 is 0 Å². The van der Waals surface area contributed by atoms with Crippen LogP contribution in [0.1, 0.15) is 28.5 Å². The Morgan fingerprint density at radius 3 is 2.62 bits per heavy atom. The normalized spacial score (nSPS) is 24.0. The van der Waals surface area contributed by atoms with E-state index in [2.05, 4.69) is 9.98 Å². The summed E-state index contributed by atoms with van der Waals surface area (Å²) in [6.07, 6.45) is -3.39. The lowest BCUT2D eigenvalue weighted by Crippen LogP contribution is -2.50. The van der Waals surface area contributed by atoms with Gasteiger partial charge in [0.2, 0.25) is 0 Å². The van der Waals surface area contributed by atoms with Crippen LogP contribution in [-0.2, 0) is 16.7 Å². The number of halogens is 5. The third kappa shape index (κ3) is 3.92. The van der Waals surface area contributed by atoms with Crippen molar-refractivity contribution in [2.24, 2.45) is 10.7 Å². The van der Waals surface area contributed by atoms with Crippen molar-refractivity contribution in [2.45, 2.75) is 31.2 Å². The van der Waals surface area contributed by atoms with E-state index in [1.807, 2.05) is 0 Å². The van der Waals surface area contributed by atoms with E-state index in [9.17, 15) is 26.7 Å². The number of ether oxygens (including phenoxy) is 1. The number of nitrogens with zero attached hydrogens (tertiary/aromatic N) is 2. The summed E-state index contributed by atoms with van der Waals surface area (Å²) in [5.41, 5.74) is 2.76. The van der Waals surface area contributed by atoms with Gasteiger partial charge in [-0.15, -0.1) is 0 Å². The second kappa shape index (κ2) is 7.76. The highest BCUT2D eigenvalue weighted by molar-refractivity contribution is 5.95. The van der Waals surface area contributed by atoms with Gasteiger partial charge in [-0.05, 0) is 36.8 Å². The van der Waals surface area contributed by atoms with E-state index in [1.54, 1.807) is 0 Å². The molecule has 10 heteroatoms. The van der Waals surface area contributed by atoms with E-state index in [1.165, 1.54) is 0 Å². The predicted molar refractivity (Wildman–Crippen MR) is 93.3 cm³/mol. The first kappa shape index (κ1) is 20.7. The van der Waals surface area contributed by atoms with E-state index >= 15 is 0 Å². The average molecular weight is 413 g/mol. The van der Waals surface area contributed by atoms with Crippen LogP contribution in [0.3, 0.4) is 0 Å². The number of rotatable bonds is 5. The van der Waals surface area contributed by atoms with Gasteiger partial charge >= 0.3 is 0 Å². The maximum atomic E-state index is 14.8. The quantitative estimate of drug-likeness (QED) is 0.604. The monoisotopic (exact) mass is 413 g/mol. The molecular weight excluding hydrogens is 397 g/mol. The third-order valence-electron chi connectivity index (χ3n) is 4.64. The number of aromatic nitrogens is 1. The van der Waals surface area contributed by atoms with Gasteiger partial charge in [0, 0.05) is 12.0 Å². The number of benzene rings is 1. The van der Waals surface area contributed by atoms with Gasteiger partial charge in [-0.3, -0.25) is 9.78 Å². The molecule has 1 aromatic heterocycles. The van der Waals surface area contributed by atoms with Gasteiger partial charge in [-0.1, -0.05) is 0 Å². The van der Waals surface area contributed by atoms with Gasteiger partial charge in [-0.25, -0.2) is 26.9 Å². The van der Waals surface area contributed by atoms with Gasteiger partial charge in [0.25, 0.3) is 6.02 Å². The van der Waals surface area contributed by atoms with Crippen LogP contribution < -0.4 is 5.73 Å². The van der Waals surface area contributed by atoms with Crippen molar-refractivity contribution >= 4 is 11.8 Å². The van der Waals surface area contributed by atoms with Crippen molar-refractivity contribution in [1.82, 2.24) is 4.98 Å². The molecule has 2 heterocycles. The molecule has 29 heavy (non-hydrogen) atoms. The van der Waals surface area contributed by atoms with Gasteiger partial charge in [0.05, 0.1) is 6.20 Å². The van der Waals surface area contributed by atoms with Crippen molar-refractivity contribution < 1.29 is 31.5 Å². The van der Waals surface area contributed by atoms with Crippen LogP contribution in [0.2, 0.25) is 0 Å². The molecule has 0 spiro atoms. The SMILES string of the molecule is C[C@]1(c2cc(CC(=O)c3ccc(F)cn3)cc(F)c2F)N=C(N)O[C@H](CF)[C@@H]1F. The number of aliphatic imine (C=N–C) groups is 1. The smallest absolute Gasteiger partial charge is 0.283 e. The standard InChI is InChI=1S/C19H16F5N3O2/c1-19(17(24)15(7-20)29-18(25)27-19)11-4-9(5-12(22)16(11)23)6-14(28)13-3-2-10(21)8-26-13/h2-5,8,15,17H,6-7H2,1H3,(H2,25,27)/t15-,17+,19-/m1/s1. The van der Waals surface area contributed by atoms with E-state index in [-0.39, 0.29) is 11.3 Å².